The van der Waals surface area contributed by atoms with E-state index in [1.54, 1.807) is 4.68 Å². The van der Waals surface area contributed by atoms with Crippen LogP contribution in [0.1, 0.15) is 28.2 Å². The molecule has 0 radical (unpaired) electrons. The quantitative estimate of drug-likeness (QED) is 0.711. The second-order valence-electron chi connectivity index (χ2n) is 7.59. The van der Waals surface area contributed by atoms with E-state index in [0.29, 0.717) is 31.9 Å². The van der Waals surface area contributed by atoms with Crippen LogP contribution >= 0.6 is 0 Å². The zero-order valence-corrected chi connectivity index (χ0v) is 15.2. The van der Waals surface area contributed by atoms with Crippen molar-refractivity contribution in [2.45, 2.75) is 37.9 Å². The summed E-state index contributed by atoms with van der Waals surface area (Å²) in [5.41, 5.74) is 2.55. The minimum atomic E-state index is -2.62. The molecular formula is C17H27F2N5O. The minimum absolute atomic E-state index is 0.0962. The summed E-state index contributed by atoms with van der Waals surface area (Å²) >= 11 is 0. The highest BCUT2D eigenvalue weighted by molar-refractivity contribution is 5.75. The van der Waals surface area contributed by atoms with Gasteiger partial charge in [0.05, 0.1) is 18.8 Å². The van der Waals surface area contributed by atoms with Gasteiger partial charge in [-0.1, -0.05) is 0 Å². The van der Waals surface area contributed by atoms with E-state index in [9.17, 15) is 13.6 Å². The zero-order chi connectivity index (χ0) is 18.2. The Morgan fingerprint density at radius 2 is 2.12 bits per heavy atom. The molecule has 6 nitrogen and oxygen atoms in total. The van der Waals surface area contributed by atoms with Gasteiger partial charge < -0.3 is 9.80 Å². The van der Waals surface area contributed by atoms with Gasteiger partial charge in [0, 0.05) is 50.6 Å². The highest BCUT2D eigenvalue weighted by atomic mass is 19.3. The molecule has 0 bridgehead atoms. The smallest absolute Gasteiger partial charge is 0.261 e. The van der Waals surface area contributed by atoms with Gasteiger partial charge in [0.25, 0.3) is 5.92 Å². The first-order valence-electron chi connectivity index (χ1n) is 8.78. The number of nitrogens with zero attached hydrogens (tertiary/aromatic N) is 5. The third kappa shape index (κ3) is 4.07. The number of alkyl halides is 2. The number of carbonyl (C=O) groups is 1. The van der Waals surface area contributed by atoms with Crippen molar-refractivity contribution in [1.82, 2.24) is 24.5 Å². The number of hydrogen-bond acceptors (Lipinski definition) is 5. The maximum atomic E-state index is 13.7. The molecule has 0 aromatic carbocycles. The average Bonchev–Trinajstić information content (AvgIpc) is 3.05. The molecule has 0 amide bonds. The molecule has 1 unspecified atom stereocenters. The van der Waals surface area contributed by atoms with Gasteiger partial charge in [-0.05, 0) is 21.1 Å². The summed E-state index contributed by atoms with van der Waals surface area (Å²) in [6.45, 7) is 2.90. The van der Waals surface area contributed by atoms with Crippen LogP contribution in [-0.2, 0) is 19.5 Å². The van der Waals surface area contributed by atoms with Crippen LogP contribution in [0.3, 0.4) is 0 Å². The predicted molar refractivity (Wildman–Crippen MR) is 91.1 cm³/mol. The van der Waals surface area contributed by atoms with E-state index in [4.69, 9.17) is 0 Å². The topological polar surface area (TPSA) is 44.6 Å². The highest BCUT2D eigenvalue weighted by Gasteiger charge is 2.41. The lowest BCUT2D eigenvalue weighted by Gasteiger charge is -2.30. The standard InChI is InChI=1S/C17H27F2N5O/c1-21(2)8-13(23-7-5-17(18,19)12-23)9-24-16(11-25)14-10-22(3)6-4-15(14)20-24/h11,13H,4-10,12H2,1-3H3. The van der Waals surface area contributed by atoms with Crippen molar-refractivity contribution in [2.24, 2.45) is 0 Å². The van der Waals surface area contributed by atoms with Crippen molar-refractivity contribution in [3.8, 4) is 0 Å². The number of carbonyl (C=O) groups excluding carboxylic acids is 1. The summed E-state index contributed by atoms with van der Waals surface area (Å²) in [6.07, 6.45) is 1.58. The zero-order valence-electron chi connectivity index (χ0n) is 15.2. The molecule has 1 aromatic rings. The Kier molecular flexibility index (Phi) is 5.22. The first-order valence-corrected chi connectivity index (χ1v) is 8.78. The Labute approximate surface area is 147 Å². The van der Waals surface area contributed by atoms with Crippen LogP contribution in [0.5, 0.6) is 0 Å². The Balaban J connectivity index is 1.83. The van der Waals surface area contributed by atoms with Gasteiger partial charge in [-0.3, -0.25) is 14.4 Å². The number of hydrogen-bond donors (Lipinski definition) is 0. The van der Waals surface area contributed by atoms with E-state index in [-0.39, 0.29) is 19.0 Å². The van der Waals surface area contributed by atoms with Crippen molar-refractivity contribution in [2.75, 3.05) is 47.3 Å². The molecule has 3 rings (SSSR count). The Bertz CT molecular complexity index is 631. The van der Waals surface area contributed by atoms with Gasteiger partial charge in [-0.2, -0.15) is 5.10 Å². The van der Waals surface area contributed by atoms with E-state index in [2.05, 4.69) is 10.00 Å². The fourth-order valence-corrected chi connectivity index (χ4v) is 3.84. The number of rotatable bonds is 6. The maximum absolute atomic E-state index is 13.7. The molecule has 1 atom stereocenters. The summed E-state index contributed by atoms with van der Waals surface area (Å²) in [5.74, 6) is -2.62. The fraction of sp³-hybridized carbons (Fsp3) is 0.765. The molecule has 25 heavy (non-hydrogen) atoms. The van der Waals surface area contributed by atoms with Gasteiger partial charge >= 0.3 is 0 Å². The van der Waals surface area contributed by atoms with Crippen LogP contribution in [0.4, 0.5) is 8.78 Å². The molecule has 8 heteroatoms. The predicted octanol–water partition coefficient (Wildman–Crippen LogP) is 0.955. The van der Waals surface area contributed by atoms with E-state index < -0.39 is 5.92 Å². The molecule has 1 aromatic heterocycles. The van der Waals surface area contributed by atoms with Gasteiger partial charge in [0.1, 0.15) is 5.69 Å². The van der Waals surface area contributed by atoms with Gasteiger partial charge in [-0.25, -0.2) is 8.78 Å². The van der Waals surface area contributed by atoms with Crippen molar-refractivity contribution in [1.29, 1.82) is 0 Å². The maximum Gasteiger partial charge on any atom is 0.261 e. The normalized spacial score (nSPS) is 22.3. The van der Waals surface area contributed by atoms with Crippen LogP contribution in [-0.4, -0.2) is 90.1 Å². The van der Waals surface area contributed by atoms with E-state index in [0.717, 1.165) is 30.5 Å². The van der Waals surface area contributed by atoms with E-state index in [1.165, 1.54) is 0 Å². The summed E-state index contributed by atoms with van der Waals surface area (Å²) in [7, 11) is 5.89. The molecule has 2 aliphatic heterocycles. The molecule has 0 spiro atoms. The number of likely N-dealkylation sites (tertiary alicyclic amines) is 1. The molecular weight excluding hydrogens is 328 g/mol. The second-order valence-corrected chi connectivity index (χ2v) is 7.59. The number of halogens is 2. The van der Waals surface area contributed by atoms with Crippen molar-refractivity contribution in [3.63, 3.8) is 0 Å². The van der Waals surface area contributed by atoms with Crippen molar-refractivity contribution in [3.05, 3.63) is 17.0 Å². The van der Waals surface area contributed by atoms with Crippen molar-refractivity contribution < 1.29 is 13.6 Å². The van der Waals surface area contributed by atoms with Gasteiger partial charge in [0.2, 0.25) is 0 Å². The fourth-order valence-electron chi connectivity index (χ4n) is 3.84. The Morgan fingerprint density at radius 1 is 1.36 bits per heavy atom. The average molecular weight is 355 g/mol. The Hall–Kier alpha value is -1.38. The third-order valence-corrected chi connectivity index (χ3v) is 5.12. The number of likely N-dealkylation sites (N-methyl/N-ethyl adjacent to an activating group) is 2. The van der Waals surface area contributed by atoms with Crippen LogP contribution in [0.2, 0.25) is 0 Å². The summed E-state index contributed by atoms with van der Waals surface area (Å²) in [6, 6.07) is -0.0962. The first kappa shape index (κ1) is 18.4. The van der Waals surface area contributed by atoms with Gasteiger partial charge in [-0.15, -0.1) is 0 Å². The SMILES string of the molecule is CN(C)CC(Cn1nc2c(c1C=O)CN(C)CC2)N1CCC(F)(F)C1. The minimum Gasteiger partial charge on any atom is -0.308 e. The lowest BCUT2D eigenvalue weighted by atomic mass is 10.1. The number of fused-ring (bicyclic) bond motifs is 1. The summed E-state index contributed by atoms with van der Waals surface area (Å²) < 4.78 is 29.1. The molecule has 1 fully saturated rings. The number of aromatic nitrogens is 2. The van der Waals surface area contributed by atoms with E-state index in [1.807, 2.05) is 30.9 Å². The molecule has 0 aliphatic carbocycles. The molecule has 140 valence electrons. The monoisotopic (exact) mass is 355 g/mol. The van der Waals surface area contributed by atoms with Gasteiger partial charge in [0.15, 0.2) is 6.29 Å². The lowest BCUT2D eigenvalue weighted by molar-refractivity contribution is 0.00491. The molecule has 0 N–H and O–H groups in total. The van der Waals surface area contributed by atoms with Crippen LogP contribution in [0.25, 0.3) is 0 Å². The first-order chi connectivity index (χ1) is 11.8. The largest absolute Gasteiger partial charge is 0.308 e. The second kappa shape index (κ2) is 7.09. The van der Waals surface area contributed by atoms with Crippen LogP contribution in [0, 0.1) is 0 Å². The summed E-state index contributed by atoms with van der Waals surface area (Å²) in [5, 5.41) is 4.64. The molecule has 2 aliphatic rings. The lowest BCUT2D eigenvalue weighted by Crippen LogP contribution is -2.44. The highest BCUT2D eigenvalue weighted by Crippen LogP contribution is 2.29. The molecule has 0 saturated carbocycles. The van der Waals surface area contributed by atoms with Crippen molar-refractivity contribution >= 4 is 6.29 Å². The third-order valence-electron chi connectivity index (χ3n) is 5.12. The van der Waals surface area contributed by atoms with Crippen LogP contribution in [0.15, 0.2) is 0 Å². The van der Waals surface area contributed by atoms with E-state index >= 15 is 0 Å². The summed E-state index contributed by atoms with van der Waals surface area (Å²) in [4.78, 5) is 17.7. The molecule has 3 heterocycles. The molecule has 1 saturated heterocycles. The Morgan fingerprint density at radius 3 is 2.72 bits per heavy atom. The van der Waals surface area contributed by atoms with Crippen LogP contribution < -0.4 is 0 Å². The number of aldehydes is 1.